The Labute approximate surface area is 118 Å². The van der Waals surface area contributed by atoms with Crippen molar-refractivity contribution in [3.8, 4) is 0 Å². The van der Waals surface area contributed by atoms with E-state index < -0.39 is 16.1 Å². The summed E-state index contributed by atoms with van der Waals surface area (Å²) in [6.45, 7) is 14.4. The molecule has 1 heterocycles. The summed E-state index contributed by atoms with van der Waals surface area (Å²) in [5, 5.41) is 2.21. The normalized spacial score (nSPS) is 21.5. The lowest BCUT2D eigenvalue weighted by molar-refractivity contribution is -0.111. The quantitative estimate of drug-likeness (QED) is 0.717. The smallest absolute Gasteiger partial charge is 0.181 e. The number of Topliss-reactive ketones (excluding diaryl/α,β-unsaturated/α-hetero) is 1. The topological polar surface area (TPSA) is 26.3 Å². The second-order valence-corrected chi connectivity index (χ2v) is 17.7. The molecule has 19 heavy (non-hydrogen) atoms. The summed E-state index contributed by atoms with van der Waals surface area (Å²) in [6.07, 6.45) is 3.30. The number of carbonyl (C=O) groups is 1. The predicted octanol–water partition coefficient (Wildman–Crippen LogP) is 4.08. The molecule has 0 N–H and O–H groups in total. The molecule has 1 aliphatic heterocycles. The van der Waals surface area contributed by atoms with Crippen molar-refractivity contribution in [2.75, 3.05) is 6.61 Å². The van der Waals surface area contributed by atoms with Crippen molar-refractivity contribution in [1.82, 2.24) is 0 Å². The first-order valence-corrected chi connectivity index (χ1v) is 14.3. The van der Waals surface area contributed by atoms with Crippen LogP contribution in [0.1, 0.15) is 19.3 Å². The van der Waals surface area contributed by atoms with Crippen LogP contribution in [0.3, 0.4) is 0 Å². The Morgan fingerprint density at radius 1 is 0.895 bits per heavy atom. The van der Waals surface area contributed by atoms with Crippen molar-refractivity contribution in [2.24, 2.45) is 0 Å². The molecule has 1 aliphatic carbocycles. The van der Waals surface area contributed by atoms with Crippen molar-refractivity contribution in [3.05, 3.63) is 21.7 Å². The molecular formula is C15H26O2Si2. The van der Waals surface area contributed by atoms with Crippen LogP contribution in [0.2, 0.25) is 39.3 Å². The minimum absolute atomic E-state index is 0.338. The zero-order chi connectivity index (χ0) is 14.4. The van der Waals surface area contributed by atoms with E-state index in [1.165, 1.54) is 5.57 Å². The molecule has 0 radical (unpaired) electrons. The summed E-state index contributed by atoms with van der Waals surface area (Å²) in [4.78, 5) is 13.0. The molecule has 1 fully saturated rings. The second-order valence-electron chi connectivity index (χ2n) is 7.69. The number of hydrogen-bond donors (Lipinski definition) is 0. The minimum atomic E-state index is -1.65. The van der Waals surface area contributed by atoms with Crippen LogP contribution in [0.15, 0.2) is 21.7 Å². The van der Waals surface area contributed by atoms with Gasteiger partial charge in [-0.05, 0) is 30.0 Å². The maximum absolute atomic E-state index is 13.0. The van der Waals surface area contributed by atoms with Crippen molar-refractivity contribution >= 4 is 21.9 Å². The number of fused-ring (bicyclic) bond motifs is 1. The number of ketones is 1. The molecule has 0 aromatic carbocycles. The lowest BCUT2D eigenvalue weighted by atomic mass is 10.1. The van der Waals surface area contributed by atoms with Crippen LogP contribution < -0.4 is 0 Å². The van der Waals surface area contributed by atoms with E-state index in [-0.39, 0.29) is 0 Å². The highest BCUT2D eigenvalue weighted by molar-refractivity contribution is 6.94. The summed E-state index contributed by atoms with van der Waals surface area (Å²) in [7, 11) is -3.26. The predicted molar refractivity (Wildman–Crippen MR) is 85.6 cm³/mol. The second kappa shape index (κ2) is 4.74. The highest BCUT2D eigenvalue weighted by atomic mass is 28.3. The van der Waals surface area contributed by atoms with Gasteiger partial charge in [0, 0.05) is 5.20 Å². The Morgan fingerprint density at radius 2 is 1.47 bits per heavy atom. The van der Waals surface area contributed by atoms with E-state index in [4.69, 9.17) is 4.74 Å². The van der Waals surface area contributed by atoms with Crippen LogP contribution in [0.5, 0.6) is 0 Å². The molecule has 2 rings (SSSR count). The standard InChI is InChI=1S/C15H26O2Si2/c1-18(2,3)14-11-9-7-8-10-17-13(11)15(12(14)16)19(4,5)6/h7-10H2,1-6H3. The molecule has 0 spiro atoms. The number of rotatable bonds is 2. The fraction of sp³-hybridized carbons (Fsp3) is 0.667. The molecule has 0 atom stereocenters. The van der Waals surface area contributed by atoms with E-state index in [0.717, 1.165) is 42.0 Å². The molecule has 0 bridgehead atoms. The van der Waals surface area contributed by atoms with Crippen molar-refractivity contribution in [3.63, 3.8) is 0 Å². The van der Waals surface area contributed by atoms with Gasteiger partial charge in [0.1, 0.15) is 5.76 Å². The summed E-state index contributed by atoms with van der Waals surface area (Å²) >= 11 is 0. The summed E-state index contributed by atoms with van der Waals surface area (Å²) in [5.41, 5.74) is 1.28. The van der Waals surface area contributed by atoms with Crippen LogP contribution in [0.4, 0.5) is 0 Å². The highest BCUT2D eigenvalue weighted by Crippen LogP contribution is 2.42. The van der Waals surface area contributed by atoms with Gasteiger partial charge in [0.2, 0.25) is 0 Å². The Bertz CT molecular complexity index is 431. The monoisotopic (exact) mass is 294 g/mol. The first kappa shape index (κ1) is 14.8. The number of carbonyl (C=O) groups excluding carboxylic acids is 1. The van der Waals surface area contributed by atoms with Crippen molar-refractivity contribution in [1.29, 1.82) is 0 Å². The molecule has 2 aliphatic rings. The first-order chi connectivity index (χ1) is 8.64. The largest absolute Gasteiger partial charge is 0.493 e. The molecular weight excluding hydrogens is 268 g/mol. The summed E-state index contributed by atoms with van der Waals surface area (Å²) in [5.74, 6) is 1.34. The molecule has 0 amide bonds. The van der Waals surface area contributed by atoms with Crippen LogP contribution >= 0.6 is 0 Å². The number of ether oxygens (including phenoxy) is 1. The maximum Gasteiger partial charge on any atom is 0.181 e. The average Bonchev–Trinajstić information content (AvgIpc) is 2.38. The van der Waals surface area contributed by atoms with E-state index in [1.54, 1.807) is 0 Å². The van der Waals surface area contributed by atoms with Gasteiger partial charge in [-0.3, -0.25) is 4.79 Å². The van der Waals surface area contributed by atoms with Gasteiger partial charge < -0.3 is 4.74 Å². The van der Waals surface area contributed by atoms with Gasteiger partial charge in [-0.15, -0.1) is 0 Å². The van der Waals surface area contributed by atoms with E-state index >= 15 is 0 Å². The van der Waals surface area contributed by atoms with Crippen LogP contribution in [-0.2, 0) is 9.53 Å². The van der Waals surface area contributed by atoms with Crippen LogP contribution in [0.25, 0.3) is 0 Å². The molecule has 0 aromatic rings. The van der Waals surface area contributed by atoms with E-state index in [1.807, 2.05) is 0 Å². The van der Waals surface area contributed by atoms with E-state index in [0.29, 0.717) is 5.78 Å². The highest BCUT2D eigenvalue weighted by Gasteiger charge is 2.44. The third kappa shape index (κ3) is 2.65. The summed E-state index contributed by atoms with van der Waals surface area (Å²) in [6, 6.07) is 0. The Kier molecular flexibility index (Phi) is 3.69. The lowest BCUT2D eigenvalue weighted by Crippen LogP contribution is -2.35. The van der Waals surface area contributed by atoms with Crippen molar-refractivity contribution < 1.29 is 9.53 Å². The SMILES string of the molecule is C[Si](C)(C)C1=C2CCCCOC2=C([Si](C)(C)C)C1=O. The molecule has 0 aromatic heterocycles. The summed E-state index contributed by atoms with van der Waals surface area (Å²) < 4.78 is 6.02. The third-order valence-electron chi connectivity index (χ3n) is 3.82. The third-order valence-corrected chi connectivity index (χ3v) is 7.81. The number of hydrogen-bond acceptors (Lipinski definition) is 2. The van der Waals surface area contributed by atoms with Gasteiger partial charge in [0.15, 0.2) is 5.78 Å². The zero-order valence-electron chi connectivity index (χ0n) is 13.1. The lowest BCUT2D eigenvalue weighted by Gasteiger charge is -2.22. The van der Waals surface area contributed by atoms with Crippen molar-refractivity contribution in [2.45, 2.75) is 58.5 Å². The molecule has 0 unspecified atom stereocenters. The fourth-order valence-electron chi connectivity index (χ4n) is 3.08. The Balaban J connectivity index is 2.61. The molecule has 106 valence electrons. The minimum Gasteiger partial charge on any atom is -0.493 e. The fourth-order valence-corrected chi connectivity index (χ4v) is 6.87. The van der Waals surface area contributed by atoms with Gasteiger partial charge in [0.25, 0.3) is 0 Å². The first-order valence-electron chi connectivity index (χ1n) is 7.30. The molecule has 1 saturated heterocycles. The van der Waals surface area contributed by atoms with Crippen LogP contribution in [-0.4, -0.2) is 28.5 Å². The van der Waals surface area contributed by atoms with Gasteiger partial charge in [-0.2, -0.15) is 0 Å². The van der Waals surface area contributed by atoms with Gasteiger partial charge in [-0.1, -0.05) is 39.3 Å². The zero-order valence-corrected chi connectivity index (χ0v) is 15.1. The van der Waals surface area contributed by atoms with E-state index in [2.05, 4.69) is 39.3 Å². The number of allylic oxidation sites excluding steroid dienone is 3. The maximum atomic E-state index is 13.0. The molecule has 2 nitrogen and oxygen atoms in total. The van der Waals surface area contributed by atoms with Gasteiger partial charge in [0.05, 0.1) is 22.8 Å². The molecule has 4 heteroatoms. The molecule has 0 saturated carbocycles. The van der Waals surface area contributed by atoms with Gasteiger partial charge in [-0.25, -0.2) is 0 Å². The van der Waals surface area contributed by atoms with Crippen LogP contribution in [0, 0.1) is 0 Å². The Hall–Kier alpha value is -0.616. The van der Waals surface area contributed by atoms with E-state index in [9.17, 15) is 4.79 Å². The van der Waals surface area contributed by atoms with Gasteiger partial charge >= 0.3 is 0 Å². The average molecular weight is 295 g/mol. The Morgan fingerprint density at radius 3 is 2.00 bits per heavy atom.